The zero-order chi connectivity index (χ0) is 21.5. The summed E-state index contributed by atoms with van der Waals surface area (Å²) in [6, 6.07) is 8.74. The number of hydrogen-bond donors (Lipinski definition) is 2. The minimum absolute atomic E-state index is 0.0880. The Labute approximate surface area is 180 Å². The first-order valence-corrected chi connectivity index (χ1v) is 10.3. The number of aliphatic hydroxyl groups is 1. The monoisotopic (exact) mass is 480 g/mol. The number of aromatic nitrogens is 2. The maximum Gasteiger partial charge on any atom is 0.433 e. The number of pyridine rings is 2. The molecule has 2 aromatic heterocycles. The van der Waals surface area contributed by atoms with Gasteiger partial charge >= 0.3 is 6.18 Å². The second-order valence-corrected chi connectivity index (χ2v) is 8.29. The number of alkyl halides is 3. The summed E-state index contributed by atoms with van der Waals surface area (Å²) in [6.45, 7) is 2.90. The van der Waals surface area contributed by atoms with Crippen molar-refractivity contribution in [2.45, 2.75) is 32.2 Å². The van der Waals surface area contributed by atoms with E-state index in [4.69, 9.17) is 0 Å². The summed E-state index contributed by atoms with van der Waals surface area (Å²) in [6.07, 6.45) is -2.98. The molecule has 1 aliphatic heterocycles. The Morgan fingerprint density at radius 2 is 2.10 bits per heavy atom. The van der Waals surface area contributed by atoms with Gasteiger partial charge in [0.05, 0.1) is 6.10 Å². The molecule has 5 nitrogen and oxygen atoms in total. The third-order valence-corrected chi connectivity index (χ3v) is 6.10. The summed E-state index contributed by atoms with van der Waals surface area (Å²) >= 11 is 3.45. The summed E-state index contributed by atoms with van der Waals surface area (Å²) in [5, 5.41) is 13.4. The Balaban J connectivity index is 1.78. The van der Waals surface area contributed by atoms with E-state index in [1.165, 1.54) is 6.07 Å². The van der Waals surface area contributed by atoms with Gasteiger partial charge in [-0.05, 0) is 48.7 Å². The quantitative estimate of drug-likeness (QED) is 0.548. The Hall–Kier alpha value is -2.23. The van der Waals surface area contributed by atoms with Crippen LogP contribution in [0.25, 0.3) is 10.9 Å². The van der Waals surface area contributed by atoms with Crippen LogP contribution in [-0.2, 0) is 12.7 Å². The average Bonchev–Trinajstić information content (AvgIpc) is 3.09. The number of fused-ring (bicyclic) bond motifs is 1. The molecule has 0 bridgehead atoms. The first-order valence-electron chi connectivity index (χ1n) is 9.51. The molecule has 1 aliphatic rings. The van der Waals surface area contributed by atoms with Crippen LogP contribution in [0.5, 0.6) is 0 Å². The Bertz CT molecular complexity index is 1090. The molecule has 0 spiro atoms. The smallest absolute Gasteiger partial charge is 0.392 e. The van der Waals surface area contributed by atoms with Crippen molar-refractivity contribution < 1.29 is 18.3 Å². The lowest BCUT2D eigenvalue weighted by Gasteiger charge is -2.20. The van der Waals surface area contributed by atoms with E-state index in [2.05, 4.69) is 31.2 Å². The minimum Gasteiger partial charge on any atom is -0.392 e. The molecule has 0 amide bonds. The Kier molecular flexibility index (Phi) is 5.69. The highest BCUT2D eigenvalue weighted by molar-refractivity contribution is 9.10. The topological polar surface area (TPSA) is 61.3 Å². The zero-order valence-electron chi connectivity index (χ0n) is 16.2. The van der Waals surface area contributed by atoms with Gasteiger partial charge in [-0.3, -0.25) is 4.90 Å². The molecular weight excluding hydrogens is 461 g/mol. The van der Waals surface area contributed by atoms with Gasteiger partial charge in [-0.25, -0.2) is 9.97 Å². The first kappa shape index (κ1) is 21.0. The fraction of sp³-hybridized carbons (Fsp3) is 0.333. The molecule has 0 unspecified atom stereocenters. The lowest BCUT2D eigenvalue weighted by Crippen LogP contribution is -2.24. The number of hydrogen-bond acceptors (Lipinski definition) is 5. The van der Waals surface area contributed by atoms with E-state index < -0.39 is 18.0 Å². The van der Waals surface area contributed by atoms with Crippen molar-refractivity contribution in [3.8, 4) is 0 Å². The van der Waals surface area contributed by atoms with Crippen LogP contribution in [0.1, 0.15) is 23.2 Å². The number of β-amino-alcohol motifs (C(OH)–C–C–N with tert-alkyl or cyclic N) is 1. The van der Waals surface area contributed by atoms with Crippen LogP contribution in [0.15, 0.2) is 41.0 Å². The van der Waals surface area contributed by atoms with E-state index in [1.54, 1.807) is 12.3 Å². The van der Waals surface area contributed by atoms with Gasteiger partial charge in [-0.1, -0.05) is 22.0 Å². The lowest BCUT2D eigenvalue weighted by molar-refractivity contribution is -0.141. The van der Waals surface area contributed by atoms with E-state index in [9.17, 15) is 18.3 Å². The molecule has 2 N–H and O–H groups in total. The van der Waals surface area contributed by atoms with E-state index in [0.29, 0.717) is 24.9 Å². The fourth-order valence-corrected chi connectivity index (χ4v) is 4.03. The van der Waals surface area contributed by atoms with Crippen molar-refractivity contribution >= 4 is 38.3 Å². The largest absolute Gasteiger partial charge is 0.433 e. The summed E-state index contributed by atoms with van der Waals surface area (Å²) in [4.78, 5) is 10.1. The van der Waals surface area contributed by atoms with E-state index in [0.717, 1.165) is 15.7 Å². The highest BCUT2D eigenvalue weighted by Gasteiger charge is 2.37. The van der Waals surface area contributed by atoms with Gasteiger partial charge in [0.15, 0.2) is 5.82 Å². The maximum atomic E-state index is 13.8. The van der Waals surface area contributed by atoms with Crippen molar-refractivity contribution in [3.05, 3.63) is 57.8 Å². The molecule has 1 saturated heterocycles. The molecule has 3 aromatic rings. The molecule has 1 atom stereocenters. The van der Waals surface area contributed by atoms with Crippen molar-refractivity contribution in [1.82, 2.24) is 14.9 Å². The van der Waals surface area contributed by atoms with E-state index >= 15 is 0 Å². The van der Waals surface area contributed by atoms with Crippen LogP contribution in [0.3, 0.4) is 0 Å². The van der Waals surface area contributed by atoms with Crippen molar-refractivity contribution in [2.75, 3.05) is 18.4 Å². The summed E-state index contributed by atoms with van der Waals surface area (Å²) in [5.74, 6) is 0.266. The molecule has 0 saturated carbocycles. The number of aliphatic hydroxyl groups excluding tert-OH is 1. The number of halogens is 4. The van der Waals surface area contributed by atoms with Crippen molar-refractivity contribution in [2.24, 2.45) is 0 Å². The molecule has 0 radical (unpaired) electrons. The molecule has 158 valence electrons. The van der Waals surface area contributed by atoms with Gasteiger partial charge in [0, 0.05) is 41.4 Å². The first-order chi connectivity index (χ1) is 14.2. The minimum atomic E-state index is -4.60. The Morgan fingerprint density at radius 1 is 1.30 bits per heavy atom. The maximum absolute atomic E-state index is 13.8. The standard InChI is InChI=1S/C21H20BrF3N4O/c1-12-16(22)3-2-4-17(12)27-20-18-13(5-7-26-20)9-14(19(28-18)21(23,24)25)10-29-8-6-15(30)11-29/h2-5,7,9,15,30H,6,8,10-11H2,1H3,(H,26,27)/t15-/m1/s1. The lowest BCUT2D eigenvalue weighted by atomic mass is 10.1. The van der Waals surface area contributed by atoms with E-state index in [1.807, 2.05) is 30.0 Å². The van der Waals surface area contributed by atoms with Gasteiger partial charge < -0.3 is 10.4 Å². The molecule has 4 rings (SSSR count). The second-order valence-electron chi connectivity index (χ2n) is 7.44. The normalized spacial score (nSPS) is 17.6. The van der Waals surface area contributed by atoms with Crippen LogP contribution in [-0.4, -0.2) is 39.2 Å². The van der Waals surface area contributed by atoms with Crippen molar-refractivity contribution in [1.29, 1.82) is 0 Å². The average molecular weight is 481 g/mol. The molecule has 30 heavy (non-hydrogen) atoms. The van der Waals surface area contributed by atoms with Gasteiger partial charge in [0.25, 0.3) is 0 Å². The van der Waals surface area contributed by atoms with Gasteiger partial charge in [-0.15, -0.1) is 0 Å². The molecule has 3 heterocycles. The van der Waals surface area contributed by atoms with Gasteiger partial charge in [-0.2, -0.15) is 13.2 Å². The molecule has 0 aliphatic carbocycles. The predicted octanol–water partition coefficient (Wildman–Crippen LogP) is 5.03. The summed E-state index contributed by atoms with van der Waals surface area (Å²) < 4.78 is 42.4. The third kappa shape index (κ3) is 4.28. The van der Waals surface area contributed by atoms with Crippen LogP contribution < -0.4 is 5.32 Å². The highest BCUT2D eigenvalue weighted by Crippen LogP contribution is 2.35. The summed E-state index contributed by atoms with van der Waals surface area (Å²) in [5.41, 5.74) is 0.985. The van der Waals surface area contributed by atoms with Crippen molar-refractivity contribution in [3.63, 3.8) is 0 Å². The number of rotatable bonds is 4. The number of likely N-dealkylation sites (tertiary alicyclic amines) is 1. The summed E-state index contributed by atoms with van der Waals surface area (Å²) in [7, 11) is 0. The third-order valence-electron chi connectivity index (χ3n) is 5.24. The second kappa shape index (κ2) is 8.13. The number of nitrogens with zero attached hydrogens (tertiary/aromatic N) is 3. The van der Waals surface area contributed by atoms with E-state index in [-0.39, 0.29) is 23.4 Å². The highest BCUT2D eigenvalue weighted by atomic mass is 79.9. The van der Waals surface area contributed by atoms with Gasteiger partial charge in [0.1, 0.15) is 11.2 Å². The molecular formula is C21H20BrF3N4O. The van der Waals surface area contributed by atoms with Gasteiger partial charge in [0.2, 0.25) is 0 Å². The Morgan fingerprint density at radius 3 is 2.80 bits per heavy atom. The fourth-order valence-electron chi connectivity index (χ4n) is 3.67. The number of nitrogens with one attached hydrogen (secondary N) is 1. The zero-order valence-corrected chi connectivity index (χ0v) is 17.8. The number of benzene rings is 1. The van der Waals surface area contributed by atoms with Crippen LogP contribution in [0, 0.1) is 6.92 Å². The van der Waals surface area contributed by atoms with Crippen LogP contribution in [0.4, 0.5) is 24.7 Å². The SMILES string of the molecule is Cc1c(Br)cccc1Nc1nccc2cc(CN3CC[C@@H](O)C3)c(C(F)(F)F)nc12. The van der Waals surface area contributed by atoms with Crippen LogP contribution in [0.2, 0.25) is 0 Å². The molecule has 1 fully saturated rings. The molecule has 1 aromatic carbocycles. The van der Waals surface area contributed by atoms with Crippen LogP contribution >= 0.6 is 15.9 Å². The predicted molar refractivity (Wildman–Crippen MR) is 113 cm³/mol. The molecule has 9 heteroatoms. The number of anilines is 2.